The van der Waals surface area contributed by atoms with Crippen LogP contribution < -0.4 is 5.32 Å². The Bertz CT molecular complexity index is 698. The molecular weight excluding hydrogens is 292 g/mol. The number of hydrogen-bond acceptors (Lipinski definition) is 6. The largest absolute Gasteiger partial charge is 0.469 e. The van der Waals surface area contributed by atoms with Gasteiger partial charge in [0.2, 0.25) is 11.2 Å². The fourth-order valence-corrected chi connectivity index (χ4v) is 2.05. The molecule has 0 aromatic carbocycles. The minimum atomic E-state index is 0.0834. The molecule has 0 amide bonds. The molecule has 7 nitrogen and oxygen atoms in total. The van der Waals surface area contributed by atoms with Crippen LogP contribution in [0.15, 0.2) is 41.3 Å². The van der Waals surface area contributed by atoms with E-state index in [4.69, 9.17) is 16.0 Å². The lowest BCUT2D eigenvalue weighted by atomic mass is 10.2. The van der Waals surface area contributed by atoms with Crippen LogP contribution in [-0.4, -0.2) is 30.8 Å². The smallest absolute Gasteiger partial charge is 0.256 e. The second-order valence-corrected chi connectivity index (χ2v) is 4.85. The van der Waals surface area contributed by atoms with Crippen molar-refractivity contribution in [3.05, 3.63) is 47.9 Å². The molecule has 0 spiro atoms. The van der Waals surface area contributed by atoms with Crippen LogP contribution in [0.5, 0.6) is 0 Å². The van der Waals surface area contributed by atoms with Gasteiger partial charge in [-0.15, -0.1) is 0 Å². The molecule has 108 valence electrons. The highest BCUT2D eigenvalue weighted by Gasteiger charge is 2.11. The Morgan fingerprint density at radius 1 is 1.33 bits per heavy atom. The molecule has 1 unspecified atom stereocenters. The third kappa shape index (κ3) is 3.38. The summed E-state index contributed by atoms with van der Waals surface area (Å²) < 4.78 is 6.84. The lowest BCUT2D eigenvalue weighted by molar-refractivity contribution is 0.497. The van der Waals surface area contributed by atoms with Gasteiger partial charge in [-0.2, -0.15) is 20.1 Å². The summed E-state index contributed by atoms with van der Waals surface area (Å²) in [6.07, 6.45) is 5.75. The Labute approximate surface area is 126 Å². The van der Waals surface area contributed by atoms with Gasteiger partial charge in [-0.3, -0.25) is 0 Å². The van der Waals surface area contributed by atoms with Gasteiger partial charge in [-0.25, -0.2) is 4.68 Å². The van der Waals surface area contributed by atoms with Gasteiger partial charge in [0.15, 0.2) is 0 Å². The number of nitrogens with zero attached hydrogens (tertiary/aromatic N) is 5. The highest BCUT2D eigenvalue weighted by molar-refractivity contribution is 6.28. The first-order valence-corrected chi connectivity index (χ1v) is 6.79. The second-order valence-electron chi connectivity index (χ2n) is 4.51. The topological polar surface area (TPSA) is 81.7 Å². The average Bonchev–Trinajstić information content (AvgIpc) is 3.10. The normalized spacial score (nSPS) is 12.3. The number of anilines is 1. The van der Waals surface area contributed by atoms with Crippen LogP contribution in [0.3, 0.4) is 0 Å². The SMILES string of the molecule is CC(Cc1ccco1)Nc1nc(Cl)nc(-n2cccn2)n1. The molecule has 0 aliphatic heterocycles. The maximum atomic E-state index is 5.93. The average molecular weight is 305 g/mol. The van der Waals surface area contributed by atoms with Crippen molar-refractivity contribution in [2.24, 2.45) is 0 Å². The fraction of sp³-hybridized carbons (Fsp3) is 0.231. The minimum Gasteiger partial charge on any atom is -0.469 e. The van der Waals surface area contributed by atoms with E-state index in [0.29, 0.717) is 18.3 Å². The highest BCUT2D eigenvalue weighted by Crippen LogP contribution is 2.12. The van der Waals surface area contributed by atoms with E-state index in [1.807, 2.05) is 19.1 Å². The number of halogens is 1. The van der Waals surface area contributed by atoms with Gasteiger partial charge < -0.3 is 9.73 Å². The molecule has 3 aromatic heterocycles. The molecule has 1 N–H and O–H groups in total. The van der Waals surface area contributed by atoms with E-state index in [-0.39, 0.29) is 11.3 Å². The van der Waals surface area contributed by atoms with Gasteiger partial charge in [0.25, 0.3) is 5.95 Å². The lowest BCUT2D eigenvalue weighted by Crippen LogP contribution is -2.20. The van der Waals surface area contributed by atoms with Crippen LogP contribution >= 0.6 is 11.6 Å². The summed E-state index contributed by atoms with van der Waals surface area (Å²) in [4.78, 5) is 12.4. The zero-order valence-corrected chi connectivity index (χ0v) is 12.0. The summed E-state index contributed by atoms with van der Waals surface area (Å²) in [6.45, 7) is 2.01. The van der Waals surface area contributed by atoms with E-state index in [0.717, 1.165) is 5.76 Å². The van der Waals surface area contributed by atoms with Crippen LogP contribution in [0.25, 0.3) is 5.95 Å². The summed E-state index contributed by atoms with van der Waals surface area (Å²) in [5.41, 5.74) is 0. The van der Waals surface area contributed by atoms with Crippen molar-refractivity contribution in [2.45, 2.75) is 19.4 Å². The summed E-state index contributed by atoms with van der Waals surface area (Å²) >= 11 is 5.93. The van der Waals surface area contributed by atoms with E-state index in [2.05, 4.69) is 25.4 Å². The Kier molecular flexibility index (Phi) is 3.83. The van der Waals surface area contributed by atoms with Gasteiger partial charge in [0.05, 0.1) is 6.26 Å². The van der Waals surface area contributed by atoms with Crippen LogP contribution in [0.2, 0.25) is 5.28 Å². The Balaban J connectivity index is 1.76. The monoisotopic (exact) mass is 304 g/mol. The lowest BCUT2D eigenvalue weighted by Gasteiger charge is -2.12. The van der Waals surface area contributed by atoms with Crippen LogP contribution in [0.1, 0.15) is 12.7 Å². The number of rotatable bonds is 5. The van der Waals surface area contributed by atoms with Crippen molar-refractivity contribution < 1.29 is 4.42 Å². The van der Waals surface area contributed by atoms with Crippen molar-refractivity contribution in [3.63, 3.8) is 0 Å². The molecule has 8 heteroatoms. The van der Waals surface area contributed by atoms with Crippen LogP contribution in [0, 0.1) is 0 Å². The quantitative estimate of drug-likeness (QED) is 0.779. The number of hydrogen-bond donors (Lipinski definition) is 1. The predicted molar refractivity (Wildman–Crippen MR) is 77.5 cm³/mol. The van der Waals surface area contributed by atoms with E-state index in [1.54, 1.807) is 24.7 Å². The van der Waals surface area contributed by atoms with E-state index in [9.17, 15) is 0 Å². The first kappa shape index (κ1) is 13.6. The molecule has 0 bridgehead atoms. The summed E-state index contributed by atoms with van der Waals surface area (Å²) in [5, 5.41) is 7.36. The standard InChI is InChI=1S/C13H13ClN6O/c1-9(8-10-4-2-7-21-10)16-12-17-11(14)18-13(19-12)20-6-3-5-15-20/h2-7,9H,8H2,1H3,(H,16,17,18,19). The zero-order chi connectivity index (χ0) is 14.7. The van der Waals surface area contributed by atoms with E-state index in [1.165, 1.54) is 4.68 Å². The number of nitrogens with one attached hydrogen (secondary N) is 1. The van der Waals surface area contributed by atoms with Crippen molar-refractivity contribution in [1.29, 1.82) is 0 Å². The Morgan fingerprint density at radius 3 is 2.95 bits per heavy atom. The van der Waals surface area contributed by atoms with Gasteiger partial charge in [0.1, 0.15) is 5.76 Å². The zero-order valence-electron chi connectivity index (χ0n) is 11.3. The Hall–Kier alpha value is -2.41. The fourth-order valence-electron chi connectivity index (χ4n) is 1.90. The van der Waals surface area contributed by atoms with Crippen LogP contribution in [0.4, 0.5) is 5.95 Å². The minimum absolute atomic E-state index is 0.0834. The van der Waals surface area contributed by atoms with Gasteiger partial charge >= 0.3 is 0 Å². The van der Waals surface area contributed by atoms with Crippen molar-refractivity contribution in [1.82, 2.24) is 24.7 Å². The van der Waals surface area contributed by atoms with Crippen molar-refractivity contribution in [2.75, 3.05) is 5.32 Å². The number of furan rings is 1. The molecule has 0 saturated heterocycles. The third-order valence-electron chi connectivity index (χ3n) is 2.77. The first-order valence-electron chi connectivity index (χ1n) is 6.41. The summed E-state index contributed by atoms with van der Waals surface area (Å²) in [5.74, 6) is 1.66. The first-order chi connectivity index (χ1) is 10.2. The molecule has 0 radical (unpaired) electrons. The molecule has 0 saturated carbocycles. The molecule has 3 rings (SSSR count). The molecule has 21 heavy (non-hydrogen) atoms. The number of aromatic nitrogens is 5. The van der Waals surface area contributed by atoms with Gasteiger partial charge in [-0.1, -0.05) is 0 Å². The maximum Gasteiger partial charge on any atom is 0.256 e. The summed E-state index contributed by atoms with van der Waals surface area (Å²) in [7, 11) is 0. The van der Waals surface area contributed by atoms with Gasteiger partial charge in [-0.05, 0) is 36.7 Å². The molecule has 3 aromatic rings. The summed E-state index contributed by atoms with van der Waals surface area (Å²) in [6, 6.07) is 5.65. The second kappa shape index (κ2) is 5.92. The van der Waals surface area contributed by atoms with Crippen molar-refractivity contribution in [3.8, 4) is 5.95 Å². The third-order valence-corrected chi connectivity index (χ3v) is 2.94. The maximum absolute atomic E-state index is 5.93. The molecule has 0 fully saturated rings. The highest BCUT2D eigenvalue weighted by atomic mass is 35.5. The van der Waals surface area contributed by atoms with E-state index < -0.39 is 0 Å². The molecule has 3 heterocycles. The van der Waals surface area contributed by atoms with Gasteiger partial charge in [0, 0.05) is 24.9 Å². The molecule has 1 atom stereocenters. The molecular formula is C13H13ClN6O. The molecule has 0 aliphatic rings. The van der Waals surface area contributed by atoms with Crippen molar-refractivity contribution >= 4 is 17.5 Å². The van der Waals surface area contributed by atoms with Crippen LogP contribution in [-0.2, 0) is 6.42 Å². The predicted octanol–water partition coefficient (Wildman–Crippen LogP) is 2.35. The Morgan fingerprint density at radius 2 is 2.24 bits per heavy atom. The molecule has 0 aliphatic carbocycles. The van der Waals surface area contributed by atoms with E-state index >= 15 is 0 Å².